The zero-order valence-corrected chi connectivity index (χ0v) is 23.0. The number of aromatic nitrogens is 1. The first-order chi connectivity index (χ1) is 19.1. The fourth-order valence-corrected chi connectivity index (χ4v) is 4.65. The SMILES string of the molecule is COc1cc(C)cc(OC)c1CCCCCNC(=O)C(CC(N)=O)NC(=O)c1cc2ccccc2n1CC(=O)O. The number of carboxylic acid groups (broad SMARTS) is 1. The molecule has 1 aromatic heterocycles. The maximum absolute atomic E-state index is 13.1. The molecule has 3 aromatic rings. The molecule has 1 atom stereocenters. The van der Waals surface area contributed by atoms with Gasteiger partial charge in [0.1, 0.15) is 29.8 Å². The molecule has 3 amide bonds. The first-order valence-corrected chi connectivity index (χ1v) is 13.0. The monoisotopic (exact) mass is 552 g/mol. The van der Waals surface area contributed by atoms with Gasteiger partial charge in [0, 0.05) is 23.0 Å². The number of nitrogens with zero attached hydrogens (tertiary/aromatic N) is 1. The topological polar surface area (TPSA) is 162 Å². The normalized spacial score (nSPS) is 11.6. The van der Waals surface area contributed by atoms with Crippen LogP contribution in [0.4, 0.5) is 0 Å². The number of carboxylic acids is 1. The van der Waals surface area contributed by atoms with E-state index in [1.165, 1.54) is 4.57 Å². The average molecular weight is 553 g/mol. The van der Waals surface area contributed by atoms with Crippen LogP contribution in [0.15, 0.2) is 42.5 Å². The standard InChI is InChI=1S/C29H36N4O7/c1-18-13-24(39-2)20(25(14-18)40-3)10-5-4-8-12-31-28(37)21(16-26(30)34)32-29(38)23-15-19-9-6-7-11-22(19)33(23)17-27(35)36/h6-7,9,11,13-15,21H,4-5,8,10,12,16-17H2,1-3H3,(H2,30,34)(H,31,37)(H,32,38)(H,35,36). The number of methoxy groups -OCH3 is 2. The number of nitrogens with one attached hydrogen (secondary N) is 2. The first kappa shape index (κ1) is 30.0. The molecule has 0 aliphatic rings. The lowest BCUT2D eigenvalue weighted by Gasteiger charge is -2.18. The predicted octanol–water partition coefficient (Wildman–Crippen LogP) is 2.55. The maximum Gasteiger partial charge on any atom is 0.323 e. The molecule has 1 heterocycles. The van der Waals surface area contributed by atoms with Gasteiger partial charge in [-0.3, -0.25) is 19.2 Å². The van der Waals surface area contributed by atoms with E-state index in [9.17, 15) is 24.3 Å². The molecule has 0 fully saturated rings. The Morgan fingerprint density at radius 2 is 1.68 bits per heavy atom. The predicted molar refractivity (Wildman–Crippen MR) is 149 cm³/mol. The van der Waals surface area contributed by atoms with E-state index in [1.807, 2.05) is 19.1 Å². The molecule has 11 heteroatoms. The molecule has 3 rings (SSSR count). The van der Waals surface area contributed by atoms with Crippen LogP contribution < -0.4 is 25.8 Å². The largest absolute Gasteiger partial charge is 0.496 e. The quantitative estimate of drug-likeness (QED) is 0.211. The highest BCUT2D eigenvalue weighted by Gasteiger charge is 2.26. The van der Waals surface area contributed by atoms with Crippen LogP contribution in [0.1, 0.15) is 47.3 Å². The van der Waals surface area contributed by atoms with Crippen molar-refractivity contribution < 1.29 is 33.8 Å². The van der Waals surface area contributed by atoms with Gasteiger partial charge in [0.15, 0.2) is 0 Å². The van der Waals surface area contributed by atoms with Crippen LogP contribution >= 0.6 is 0 Å². The molecule has 0 saturated heterocycles. The lowest BCUT2D eigenvalue weighted by Crippen LogP contribution is -2.49. The van der Waals surface area contributed by atoms with Gasteiger partial charge in [-0.05, 0) is 56.0 Å². The van der Waals surface area contributed by atoms with E-state index in [0.29, 0.717) is 23.9 Å². The molecule has 0 radical (unpaired) electrons. The number of amides is 3. The summed E-state index contributed by atoms with van der Waals surface area (Å²) in [5.74, 6) is -1.56. The summed E-state index contributed by atoms with van der Waals surface area (Å²) in [6.07, 6.45) is 2.66. The Labute approximate surface area is 232 Å². The average Bonchev–Trinajstić information content (AvgIpc) is 3.27. The van der Waals surface area contributed by atoms with Crippen molar-refractivity contribution in [2.24, 2.45) is 5.73 Å². The Hall–Kier alpha value is -4.54. The van der Waals surface area contributed by atoms with Crippen molar-refractivity contribution in [3.8, 4) is 11.5 Å². The van der Waals surface area contributed by atoms with E-state index in [0.717, 1.165) is 41.9 Å². The summed E-state index contributed by atoms with van der Waals surface area (Å²) in [5, 5.41) is 15.3. The van der Waals surface area contributed by atoms with Gasteiger partial charge >= 0.3 is 5.97 Å². The van der Waals surface area contributed by atoms with Crippen molar-refractivity contribution in [3.63, 3.8) is 0 Å². The number of hydrogen-bond acceptors (Lipinski definition) is 6. The van der Waals surface area contributed by atoms with Gasteiger partial charge in [0.2, 0.25) is 11.8 Å². The van der Waals surface area contributed by atoms with E-state index in [1.54, 1.807) is 44.6 Å². The van der Waals surface area contributed by atoms with E-state index < -0.39 is 42.7 Å². The minimum atomic E-state index is -1.21. The van der Waals surface area contributed by atoms with Gasteiger partial charge in [0.25, 0.3) is 5.91 Å². The number of fused-ring (bicyclic) bond motifs is 1. The van der Waals surface area contributed by atoms with Crippen LogP contribution in [-0.4, -0.2) is 60.2 Å². The summed E-state index contributed by atoms with van der Waals surface area (Å²) in [7, 11) is 3.25. The number of para-hydroxylation sites is 1. The Kier molecular flexibility index (Phi) is 10.5. The van der Waals surface area contributed by atoms with Gasteiger partial charge < -0.3 is 35.5 Å². The van der Waals surface area contributed by atoms with E-state index in [2.05, 4.69) is 10.6 Å². The number of primary amides is 1. The first-order valence-electron chi connectivity index (χ1n) is 13.0. The number of carbonyl (C=O) groups excluding carboxylic acids is 3. The van der Waals surface area contributed by atoms with Gasteiger partial charge in [-0.1, -0.05) is 24.6 Å². The van der Waals surface area contributed by atoms with Crippen LogP contribution in [0.2, 0.25) is 0 Å². The van der Waals surface area contributed by atoms with E-state index >= 15 is 0 Å². The molecule has 1 unspecified atom stereocenters. The molecule has 11 nitrogen and oxygen atoms in total. The molecule has 214 valence electrons. The molecule has 5 N–H and O–H groups in total. The summed E-state index contributed by atoms with van der Waals surface area (Å²) in [4.78, 5) is 49.0. The minimum Gasteiger partial charge on any atom is -0.496 e. The Bertz CT molecular complexity index is 1360. The lowest BCUT2D eigenvalue weighted by molar-refractivity contribution is -0.137. The van der Waals surface area contributed by atoms with Gasteiger partial charge in [-0.25, -0.2) is 0 Å². The number of carbonyl (C=O) groups is 4. The van der Waals surface area contributed by atoms with E-state index in [4.69, 9.17) is 15.2 Å². The molecule has 0 spiro atoms. The number of rotatable bonds is 15. The second-order valence-corrected chi connectivity index (χ2v) is 9.51. The number of aryl methyl sites for hydroxylation is 1. The summed E-state index contributed by atoms with van der Waals surface area (Å²) in [6, 6.07) is 11.2. The van der Waals surface area contributed by atoms with Gasteiger partial charge in [-0.2, -0.15) is 0 Å². The molecule has 0 bridgehead atoms. The number of ether oxygens (including phenoxy) is 2. The highest BCUT2D eigenvalue weighted by Crippen LogP contribution is 2.31. The van der Waals surface area contributed by atoms with Crippen LogP contribution in [0.25, 0.3) is 10.9 Å². The van der Waals surface area contributed by atoms with Crippen molar-refractivity contribution >= 4 is 34.6 Å². The maximum atomic E-state index is 13.1. The van der Waals surface area contributed by atoms with Crippen LogP contribution in [0.3, 0.4) is 0 Å². The lowest BCUT2D eigenvalue weighted by atomic mass is 10.0. The highest BCUT2D eigenvalue weighted by atomic mass is 16.5. The summed E-state index contributed by atoms with van der Waals surface area (Å²) < 4.78 is 12.4. The van der Waals surface area contributed by atoms with E-state index in [-0.39, 0.29) is 5.69 Å². The van der Waals surface area contributed by atoms with Gasteiger partial charge in [-0.15, -0.1) is 0 Å². The van der Waals surface area contributed by atoms with Crippen molar-refractivity contribution in [2.45, 2.75) is 51.6 Å². The number of aliphatic carboxylic acids is 1. The summed E-state index contributed by atoms with van der Waals surface area (Å²) in [6.45, 7) is 1.87. The third-order valence-corrected chi connectivity index (χ3v) is 6.52. The fourth-order valence-electron chi connectivity index (χ4n) is 4.65. The summed E-state index contributed by atoms with van der Waals surface area (Å²) in [5.41, 5.74) is 7.99. The van der Waals surface area contributed by atoms with Crippen LogP contribution in [0.5, 0.6) is 11.5 Å². The second kappa shape index (κ2) is 14.0. The summed E-state index contributed by atoms with van der Waals surface area (Å²) >= 11 is 0. The molecule has 40 heavy (non-hydrogen) atoms. The van der Waals surface area contributed by atoms with Crippen molar-refractivity contribution in [2.75, 3.05) is 20.8 Å². The number of nitrogens with two attached hydrogens (primary N) is 1. The van der Waals surface area contributed by atoms with Crippen molar-refractivity contribution in [3.05, 3.63) is 59.3 Å². The van der Waals surface area contributed by atoms with Crippen LogP contribution in [0, 0.1) is 6.92 Å². The zero-order valence-electron chi connectivity index (χ0n) is 23.0. The van der Waals surface area contributed by atoms with Crippen molar-refractivity contribution in [1.29, 1.82) is 0 Å². The highest BCUT2D eigenvalue weighted by molar-refractivity contribution is 6.02. The van der Waals surface area contributed by atoms with Crippen molar-refractivity contribution in [1.82, 2.24) is 15.2 Å². The zero-order chi connectivity index (χ0) is 29.2. The second-order valence-electron chi connectivity index (χ2n) is 9.51. The molecular weight excluding hydrogens is 516 g/mol. The third-order valence-electron chi connectivity index (χ3n) is 6.52. The smallest absolute Gasteiger partial charge is 0.323 e. The van der Waals surface area contributed by atoms with Gasteiger partial charge in [0.05, 0.1) is 20.6 Å². The van der Waals surface area contributed by atoms with Crippen LogP contribution in [-0.2, 0) is 27.3 Å². The Balaban J connectivity index is 1.58. The Morgan fingerprint density at radius 1 is 1.00 bits per heavy atom. The molecule has 0 aliphatic heterocycles. The minimum absolute atomic E-state index is 0.0628. The molecule has 2 aromatic carbocycles. The third kappa shape index (κ3) is 7.75. The molecule has 0 aliphatic carbocycles. The number of hydrogen-bond donors (Lipinski definition) is 4. The molecule has 0 saturated carbocycles. The Morgan fingerprint density at radius 3 is 2.30 bits per heavy atom. The number of benzene rings is 2. The molecular formula is C29H36N4O7. The fraction of sp³-hybridized carbons (Fsp3) is 0.379. The number of unbranched alkanes of at least 4 members (excludes halogenated alkanes) is 2.